The van der Waals surface area contributed by atoms with E-state index in [0.29, 0.717) is 9.54 Å². The third-order valence-corrected chi connectivity index (χ3v) is 8.10. The summed E-state index contributed by atoms with van der Waals surface area (Å²) in [6.45, 7) is 4.39. The van der Waals surface area contributed by atoms with E-state index in [4.69, 9.17) is 4.42 Å². The molecule has 0 bridgehead atoms. The Hall–Kier alpha value is -0.727. The Morgan fingerprint density at radius 2 is 1.87 bits per heavy atom. The summed E-state index contributed by atoms with van der Waals surface area (Å²) in [6, 6.07) is 12.9. The first-order chi connectivity index (χ1) is 13.7. The molecule has 0 amide bonds. The van der Waals surface area contributed by atoms with E-state index in [-0.39, 0.29) is 24.8 Å². The molecule has 2 aliphatic carbocycles. The Morgan fingerprint density at radius 1 is 1.07 bits per heavy atom. The van der Waals surface area contributed by atoms with E-state index in [9.17, 15) is 0 Å². The van der Waals surface area contributed by atoms with Crippen molar-refractivity contribution in [1.82, 2.24) is 0 Å². The first-order valence-corrected chi connectivity index (χ1v) is 12.3. The van der Waals surface area contributed by atoms with Gasteiger partial charge < -0.3 is 24.8 Å². The maximum absolute atomic E-state index is 5.96. The Balaban J connectivity index is 0.000000229. The van der Waals surface area contributed by atoms with E-state index in [1.807, 2.05) is 11.8 Å². The van der Waals surface area contributed by atoms with E-state index in [2.05, 4.69) is 80.6 Å². The van der Waals surface area contributed by atoms with Gasteiger partial charge in [0, 0.05) is 10.8 Å². The average molecular weight is 536 g/mol. The van der Waals surface area contributed by atoms with Crippen LogP contribution in [-0.4, -0.2) is 0 Å². The van der Waals surface area contributed by atoms with Crippen LogP contribution in [0.2, 0.25) is 0 Å². The smallest absolute Gasteiger partial charge is 1.00 e. The second kappa shape index (κ2) is 11.8. The van der Waals surface area contributed by atoms with Crippen molar-refractivity contribution in [3.05, 3.63) is 93.2 Å². The van der Waals surface area contributed by atoms with Crippen LogP contribution in [0.15, 0.2) is 74.9 Å². The monoisotopic (exact) mass is 533 g/mol. The molecule has 0 fully saturated rings. The molecule has 5 rings (SSSR count). The summed E-state index contributed by atoms with van der Waals surface area (Å²) in [5, 5.41) is 0. The van der Waals surface area contributed by atoms with E-state index < -0.39 is 0 Å². The van der Waals surface area contributed by atoms with Crippen molar-refractivity contribution in [2.24, 2.45) is 5.92 Å². The Labute approximate surface area is 211 Å². The van der Waals surface area contributed by atoms with Crippen molar-refractivity contribution < 1.29 is 54.0 Å². The van der Waals surface area contributed by atoms with Gasteiger partial charge in [-0.15, -0.1) is 0 Å². The van der Waals surface area contributed by atoms with Gasteiger partial charge in [0.05, 0.1) is 0 Å². The number of furan rings is 1. The third kappa shape index (κ3) is 5.54. The van der Waals surface area contributed by atoms with Gasteiger partial charge in [0.25, 0.3) is 0 Å². The molecule has 2 heterocycles. The van der Waals surface area contributed by atoms with Crippen LogP contribution in [0.1, 0.15) is 53.0 Å². The molecule has 5 heteroatoms. The van der Waals surface area contributed by atoms with E-state index in [0.717, 1.165) is 24.4 Å². The number of allylic oxidation sites excluding steroid dienone is 7. The molecule has 155 valence electrons. The summed E-state index contributed by atoms with van der Waals surface area (Å²) in [7, 11) is 0. The largest absolute Gasteiger partial charge is 1.00 e. The van der Waals surface area contributed by atoms with Gasteiger partial charge in [0.2, 0.25) is 0 Å². The number of thioether (sulfide) groups is 1. The van der Waals surface area contributed by atoms with Crippen molar-refractivity contribution in [1.29, 1.82) is 0 Å². The predicted molar refractivity (Wildman–Crippen MR) is 116 cm³/mol. The Morgan fingerprint density at radius 3 is 2.57 bits per heavy atom. The van der Waals surface area contributed by atoms with Crippen LogP contribution < -0.4 is 24.8 Å². The van der Waals surface area contributed by atoms with E-state index in [1.165, 1.54) is 57.7 Å². The summed E-state index contributed by atoms with van der Waals surface area (Å²) < 4.78 is 6.48. The second-order valence-corrected chi connectivity index (χ2v) is 9.86. The first kappa shape index (κ1) is 25.5. The molecule has 0 spiro atoms. The van der Waals surface area contributed by atoms with Crippen molar-refractivity contribution in [3.63, 3.8) is 0 Å². The molecule has 0 radical (unpaired) electrons. The first-order valence-electron chi connectivity index (χ1n) is 10.1. The molecular weight excluding hydrogens is 510 g/mol. The molecule has 0 saturated heterocycles. The topological polar surface area (TPSA) is 13.1 Å². The molecule has 3 aliphatic rings. The minimum atomic E-state index is 0. The molecule has 1 nitrogen and oxygen atoms in total. The Kier molecular flexibility index (Phi) is 10.0. The summed E-state index contributed by atoms with van der Waals surface area (Å²) in [5.74, 6) is 2.80. The Bertz CT molecular complexity index is 987. The SMILES string of the molecule is CCC1=CC2C=CC=C2S1.CCCc1ccc(C2=Cc3ccccc3[CH]2[Zr+2])o1.[Cl-].[Cl-]. The summed E-state index contributed by atoms with van der Waals surface area (Å²) in [6.07, 6.45) is 14.6. The molecule has 1 aromatic heterocycles. The van der Waals surface area contributed by atoms with Gasteiger partial charge in [-0.25, -0.2) is 0 Å². The van der Waals surface area contributed by atoms with Gasteiger partial charge >= 0.3 is 123 Å². The van der Waals surface area contributed by atoms with Gasteiger partial charge in [-0.05, 0) is 11.3 Å². The summed E-state index contributed by atoms with van der Waals surface area (Å²) in [4.78, 5) is 3.04. The fraction of sp³-hybridized carbons (Fsp3) is 0.280. The maximum Gasteiger partial charge on any atom is -1.00 e. The number of rotatable bonds is 4. The van der Waals surface area contributed by atoms with Gasteiger partial charge in [0.15, 0.2) is 0 Å². The number of halogens is 2. The zero-order valence-electron chi connectivity index (χ0n) is 17.2. The molecule has 1 aromatic carbocycles. The third-order valence-electron chi connectivity index (χ3n) is 5.24. The van der Waals surface area contributed by atoms with Crippen molar-refractivity contribution in [2.45, 2.75) is 36.7 Å². The van der Waals surface area contributed by atoms with Crippen LogP contribution in [0.25, 0.3) is 11.6 Å². The fourth-order valence-corrected chi connectivity index (χ4v) is 6.03. The van der Waals surface area contributed by atoms with E-state index in [1.54, 1.807) is 0 Å². The molecule has 30 heavy (non-hydrogen) atoms. The predicted octanol–water partition coefficient (Wildman–Crippen LogP) is 1.48. The average Bonchev–Trinajstić information content (AvgIpc) is 3.46. The van der Waals surface area contributed by atoms with Crippen LogP contribution in [0, 0.1) is 5.92 Å². The molecule has 0 N–H and O–H groups in total. The zero-order valence-corrected chi connectivity index (χ0v) is 22.0. The summed E-state index contributed by atoms with van der Waals surface area (Å²) in [5.41, 5.74) is 4.14. The van der Waals surface area contributed by atoms with Gasteiger partial charge in [-0.3, -0.25) is 0 Å². The molecule has 2 atom stereocenters. The maximum atomic E-state index is 5.96. The molecule has 2 aromatic rings. The zero-order chi connectivity index (χ0) is 19.5. The van der Waals surface area contributed by atoms with Crippen LogP contribution in [0.3, 0.4) is 0 Å². The number of hydrogen-bond acceptors (Lipinski definition) is 2. The van der Waals surface area contributed by atoms with Gasteiger partial charge in [0.1, 0.15) is 0 Å². The van der Waals surface area contributed by atoms with Gasteiger partial charge in [-0.1, -0.05) is 43.0 Å². The minimum absolute atomic E-state index is 0. The molecule has 1 aliphatic heterocycles. The number of benzene rings is 1. The van der Waals surface area contributed by atoms with Crippen LogP contribution in [-0.2, 0) is 31.1 Å². The molecular formula is C25H25Cl2OSZr. The van der Waals surface area contributed by atoms with Crippen molar-refractivity contribution in [3.8, 4) is 0 Å². The standard InChI is InChI=1S/C16H15O.C9H10S.2ClH.Zr/c1-2-5-15-8-9-16(17-15)14-10-12-6-3-4-7-13(12)11-14;1-2-8-6-7-4-3-5-9(7)10-8;;;/h3-4,6-11H,2,5H2,1H3;3-7H,2H2,1H3;2*1H;/q;;;;+2/p-2. The summed E-state index contributed by atoms with van der Waals surface area (Å²) >= 11 is 3.47. The number of hydrogen-bond donors (Lipinski definition) is 0. The second-order valence-electron chi connectivity index (χ2n) is 7.25. The number of fused-ring (bicyclic) bond motifs is 2. The quantitative estimate of drug-likeness (QED) is 0.589. The van der Waals surface area contributed by atoms with Crippen molar-refractivity contribution >= 4 is 23.4 Å². The van der Waals surface area contributed by atoms with Crippen LogP contribution >= 0.6 is 11.8 Å². The van der Waals surface area contributed by atoms with Crippen molar-refractivity contribution in [2.75, 3.05) is 0 Å². The fourth-order valence-electron chi connectivity index (χ4n) is 3.74. The minimum Gasteiger partial charge on any atom is -1.00 e. The number of aryl methyl sites for hydroxylation is 1. The van der Waals surface area contributed by atoms with Gasteiger partial charge in [-0.2, -0.15) is 0 Å². The van der Waals surface area contributed by atoms with Crippen LogP contribution in [0.5, 0.6) is 0 Å². The van der Waals surface area contributed by atoms with E-state index >= 15 is 0 Å². The molecule has 0 saturated carbocycles. The molecule has 2 unspecified atom stereocenters. The van der Waals surface area contributed by atoms with Crippen LogP contribution in [0.4, 0.5) is 0 Å². The normalized spacial score (nSPS) is 20.1.